The van der Waals surface area contributed by atoms with Crippen LogP contribution in [0.5, 0.6) is 0 Å². The summed E-state index contributed by atoms with van der Waals surface area (Å²) in [5.74, 6) is 0. The molecule has 0 radical (unpaired) electrons. The van der Waals surface area contributed by atoms with Crippen LogP contribution in [-0.4, -0.2) is 9.13 Å². The number of hydrogen-bond donors (Lipinski definition) is 0. The number of hydrogen-bond acceptors (Lipinski definition) is 5. The lowest BCUT2D eigenvalue weighted by Crippen LogP contribution is -2.09. The molecule has 0 unspecified atom stereocenters. The predicted octanol–water partition coefficient (Wildman–Crippen LogP) is 11.6. The lowest BCUT2D eigenvalue weighted by molar-refractivity contribution is 0.602. The van der Waals surface area contributed by atoms with Crippen molar-refractivity contribution in [2.45, 2.75) is 0 Å². The average Bonchev–Trinajstić information content (AvgIpc) is 3.74. The van der Waals surface area contributed by atoms with Crippen molar-refractivity contribution in [3.63, 3.8) is 0 Å². The minimum atomic E-state index is -0.0630. The minimum Gasteiger partial charge on any atom is -0.464 e. The van der Waals surface area contributed by atoms with Gasteiger partial charge in [-0.25, -0.2) is 0 Å². The van der Waals surface area contributed by atoms with Crippen LogP contribution >= 0.6 is 0 Å². The molecule has 0 N–H and O–H groups in total. The van der Waals surface area contributed by atoms with Crippen molar-refractivity contribution < 1.29 is 8.83 Å². The van der Waals surface area contributed by atoms with E-state index in [2.05, 4.69) is 123 Å². The van der Waals surface area contributed by atoms with Gasteiger partial charge < -0.3 is 22.9 Å². The highest BCUT2D eigenvalue weighted by molar-refractivity contribution is 6.12. The van der Waals surface area contributed by atoms with Crippen molar-refractivity contribution in [3.05, 3.63) is 197 Å². The van der Waals surface area contributed by atoms with Gasteiger partial charge in [0.05, 0.1) is 45.4 Å². The molecule has 0 aliphatic carbocycles. The Labute approximate surface area is 312 Å². The molecule has 0 amide bonds. The zero-order chi connectivity index (χ0) is 36.6. The van der Waals surface area contributed by atoms with Crippen molar-refractivity contribution in [1.29, 1.82) is 0 Å². The molecule has 7 heteroatoms. The maximum atomic E-state index is 12.5. The number of rotatable bonds is 5. The molecule has 0 bridgehead atoms. The van der Waals surface area contributed by atoms with E-state index in [0.29, 0.717) is 21.9 Å². The fourth-order valence-corrected chi connectivity index (χ4v) is 8.20. The number of nitrogens with zero attached hydrogens (tertiary/aromatic N) is 3. The second-order valence-electron chi connectivity index (χ2n) is 13.7. The minimum absolute atomic E-state index is 0.0630. The van der Waals surface area contributed by atoms with Crippen LogP contribution in [0.1, 0.15) is 0 Å². The molecule has 0 aliphatic rings. The third-order valence-corrected chi connectivity index (χ3v) is 10.6. The van der Waals surface area contributed by atoms with Crippen LogP contribution in [-0.2, 0) is 0 Å². The van der Waals surface area contributed by atoms with Crippen molar-refractivity contribution in [2.24, 2.45) is 0 Å². The second kappa shape index (κ2) is 11.9. The van der Waals surface area contributed by atoms with E-state index in [4.69, 9.17) is 8.83 Å². The third kappa shape index (κ3) is 4.77. The molecule has 0 saturated carbocycles. The van der Waals surface area contributed by atoms with Gasteiger partial charge in [-0.15, -0.1) is 0 Å². The number of aromatic nitrogens is 2. The van der Waals surface area contributed by atoms with Gasteiger partial charge in [-0.2, -0.15) is 0 Å². The SMILES string of the molecule is O=c1ccoc2cc(-n3c4ccccc4c4cc(N(c5ccccc5)c5ccc6c(c5)c5ccccc5n6-c5ccc6c(=O)ccoc6c5)ccc43)ccc12. The van der Waals surface area contributed by atoms with Crippen LogP contribution in [0.15, 0.2) is 195 Å². The summed E-state index contributed by atoms with van der Waals surface area (Å²) in [6, 6.07) is 54.9. The predicted molar refractivity (Wildman–Crippen MR) is 222 cm³/mol. The van der Waals surface area contributed by atoms with E-state index in [1.54, 1.807) is 0 Å². The molecule has 0 aliphatic heterocycles. The fraction of sp³-hybridized carbons (Fsp3) is 0. The molecule has 0 fully saturated rings. The molecule has 0 atom stereocenters. The first-order valence-electron chi connectivity index (χ1n) is 18.1. The highest BCUT2D eigenvalue weighted by Crippen LogP contribution is 2.42. The molecule has 7 aromatic carbocycles. The third-order valence-electron chi connectivity index (χ3n) is 10.6. The van der Waals surface area contributed by atoms with Crippen LogP contribution in [0.2, 0.25) is 0 Å². The first-order valence-corrected chi connectivity index (χ1v) is 18.1. The Balaban J connectivity index is 1.11. The lowest BCUT2D eigenvalue weighted by Gasteiger charge is -2.26. The monoisotopic (exact) mass is 711 g/mol. The number of fused-ring (bicyclic) bond motifs is 8. The number of benzene rings is 7. The van der Waals surface area contributed by atoms with Crippen molar-refractivity contribution in [1.82, 2.24) is 9.13 Å². The largest absolute Gasteiger partial charge is 0.464 e. The Bertz CT molecular complexity index is 3230. The van der Waals surface area contributed by atoms with Gasteiger partial charge in [0.25, 0.3) is 0 Å². The van der Waals surface area contributed by atoms with E-state index >= 15 is 0 Å². The molecule has 260 valence electrons. The summed E-state index contributed by atoms with van der Waals surface area (Å²) in [4.78, 5) is 27.3. The zero-order valence-electron chi connectivity index (χ0n) is 29.2. The van der Waals surface area contributed by atoms with Crippen LogP contribution in [0.4, 0.5) is 17.1 Å². The Kier molecular flexibility index (Phi) is 6.72. The number of anilines is 3. The van der Waals surface area contributed by atoms with Crippen molar-refractivity contribution in [2.75, 3.05) is 4.90 Å². The van der Waals surface area contributed by atoms with Crippen LogP contribution in [0, 0.1) is 0 Å². The Morgan fingerprint density at radius 2 is 0.818 bits per heavy atom. The maximum Gasteiger partial charge on any atom is 0.192 e. The van der Waals surface area contributed by atoms with Gasteiger partial charge in [0.2, 0.25) is 0 Å². The standard InChI is InChI=1S/C48H29N3O4/c52-45-22-24-54-47-28-33(14-18-37(45)47)50-41-12-6-4-10-35(41)39-26-31(16-20-43(39)50)49(30-8-2-1-3-9-30)32-17-21-44-40(27-32)36-11-5-7-13-42(36)51(44)34-15-19-38-46(53)23-25-55-48(38)29-34/h1-29H. The van der Waals surface area contributed by atoms with Crippen molar-refractivity contribution >= 4 is 82.6 Å². The van der Waals surface area contributed by atoms with Gasteiger partial charge >= 0.3 is 0 Å². The summed E-state index contributed by atoms with van der Waals surface area (Å²) in [5.41, 5.74) is 10.0. The van der Waals surface area contributed by atoms with Gasteiger partial charge in [-0.1, -0.05) is 54.6 Å². The summed E-state index contributed by atoms with van der Waals surface area (Å²) in [6.07, 6.45) is 2.90. The van der Waals surface area contributed by atoms with Gasteiger partial charge in [0.1, 0.15) is 11.2 Å². The van der Waals surface area contributed by atoms with Crippen LogP contribution in [0.25, 0.3) is 76.9 Å². The van der Waals surface area contributed by atoms with Crippen LogP contribution in [0.3, 0.4) is 0 Å². The molecule has 7 nitrogen and oxygen atoms in total. The van der Waals surface area contributed by atoms with E-state index in [0.717, 1.165) is 72.0 Å². The van der Waals surface area contributed by atoms with E-state index in [1.165, 1.54) is 24.7 Å². The Morgan fingerprint density at radius 3 is 1.33 bits per heavy atom. The molecule has 0 spiro atoms. The van der Waals surface area contributed by atoms with E-state index < -0.39 is 0 Å². The Hall–Kier alpha value is -7.64. The van der Waals surface area contributed by atoms with E-state index in [-0.39, 0.29) is 10.9 Å². The highest BCUT2D eigenvalue weighted by Gasteiger charge is 2.20. The normalized spacial score (nSPS) is 11.8. The zero-order valence-corrected chi connectivity index (χ0v) is 29.2. The van der Waals surface area contributed by atoms with Gasteiger partial charge in [0.15, 0.2) is 10.9 Å². The summed E-state index contributed by atoms with van der Waals surface area (Å²) >= 11 is 0. The molecule has 11 rings (SSSR count). The smallest absolute Gasteiger partial charge is 0.192 e. The Morgan fingerprint density at radius 1 is 0.364 bits per heavy atom. The fourth-order valence-electron chi connectivity index (χ4n) is 8.20. The molecular formula is C48H29N3O4. The molecule has 11 aromatic rings. The summed E-state index contributed by atoms with van der Waals surface area (Å²) in [6.45, 7) is 0. The quantitative estimate of drug-likeness (QED) is 0.178. The maximum absolute atomic E-state index is 12.5. The van der Waals surface area contributed by atoms with Crippen LogP contribution < -0.4 is 15.8 Å². The highest BCUT2D eigenvalue weighted by atomic mass is 16.3. The van der Waals surface area contributed by atoms with Gasteiger partial charge in [-0.05, 0) is 84.9 Å². The second-order valence-corrected chi connectivity index (χ2v) is 13.7. The summed E-state index contributed by atoms with van der Waals surface area (Å²) < 4.78 is 16.0. The number of para-hydroxylation sites is 3. The van der Waals surface area contributed by atoms with Gasteiger partial charge in [0, 0.05) is 74.2 Å². The van der Waals surface area contributed by atoms with E-state index in [1.807, 2.05) is 42.5 Å². The first-order chi connectivity index (χ1) is 27.1. The van der Waals surface area contributed by atoms with Gasteiger partial charge in [-0.3, -0.25) is 9.59 Å². The topological polar surface area (TPSA) is 73.5 Å². The molecule has 55 heavy (non-hydrogen) atoms. The van der Waals surface area contributed by atoms with Crippen molar-refractivity contribution in [3.8, 4) is 11.4 Å². The summed E-state index contributed by atoms with van der Waals surface area (Å²) in [7, 11) is 0. The lowest BCUT2D eigenvalue weighted by atomic mass is 10.1. The average molecular weight is 712 g/mol. The van der Waals surface area contributed by atoms with E-state index in [9.17, 15) is 9.59 Å². The first kappa shape index (κ1) is 30.9. The molecular weight excluding hydrogens is 683 g/mol. The molecule has 4 aromatic heterocycles. The molecule has 4 heterocycles. The molecule has 0 saturated heterocycles. The summed E-state index contributed by atoms with van der Waals surface area (Å²) in [5, 5.41) is 5.55.